The van der Waals surface area contributed by atoms with Crippen LogP contribution >= 0.6 is 11.3 Å². The first-order valence-corrected chi connectivity index (χ1v) is 6.05. The molecular formula is C13H10N2O2S. The number of carboxylic acids is 1. The van der Waals surface area contributed by atoms with Crippen LogP contribution in [0.25, 0.3) is 11.3 Å². The Morgan fingerprint density at radius 2 is 2.11 bits per heavy atom. The number of benzene rings is 1. The minimum absolute atomic E-state index is 0.148. The number of nitrogens with zero attached hydrogens (tertiary/aromatic N) is 1. The Labute approximate surface area is 108 Å². The molecule has 18 heavy (non-hydrogen) atoms. The average molecular weight is 258 g/mol. The van der Waals surface area contributed by atoms with E-state index in [4.69, 9.17) is 10.8 Å². The number of nitrogen functional groups attached to an aromatic ring is 1. The van der Waals surface area contributed by atoms with Crippen molar-refractivity contribution in [2.45, 2.75) is 6.42 Å². The average Bonchev–Trinajstić information content (AvgIpc) is 2.76. The first-order chi connectivity index (χ1) is 8.65. The Hall–Kier alpha value is -2.32. The first-order valence-electron chi connectivity index (χ1n) is 5.17. The number of rotatable bonds is 2. The van der Waals surface area contributed by atoms with Crippen molar-refractivity contribution in [3.8, 4) is 23.1 Å². The first kappa shape index (κ1) is 12.1. The highest BCUT2D eigenvalue weighted by Gasteiger charge is 2.01. The summed E-state index contributed by atoms with van der Waals surface area (Å²) in [6.07, 6.45) is -0.148. The van der Waals surface area contributed by atoms with E-state index in [2.05, 4.69) is 16.8 Å². The molecular weight excluding hydrogens is 248 g/mol. The molecule has 0 aliphatic carbocycles. The number of carboxylic acid groups (broad SMARTS) is 1. The van der Waals surface area contributed by atoms with Crippen molar-refractivity contribution in [3.05, 3.63) is 35.2 Å². The maximum absolute atomic E-state index is 10.3. The second kappa shape index (κ2) is 5.34. The van der Waals surface area contributed by atoms with Crippen molar-refractivity contribution in [2.75, 3.05) is 5.73 Å². The molecule has 0 radical (unpaired) electrons. The van der Waals surface area contributed by atoms with E-state index in [1.807, 2.05) is 29.6 Å². The zero-order chi connectivity index (χ0) is 13.0. The lowest BCUT2D eigenvalue weighted by atomic mass is 10.1. The number of hydrogen-bond acceptors (Lipinski definition) is 4. The summed E-state index contributed by atoms with van der Waals surface area (Å²) < 4.78 is 0. The highest BCUT2D eigenvalue weighted by atomic mass is 32.1. The molecule has 0 amide bonds. The quantitative estimate of drug-likeness (QED) is 0.810. The lowest BCUT2D eigenvalue weighted by Gasteiger charge is -1.96. The van der Waals surface area contributed by atoms with Gasteiger partial charge in [-0.25, -0.2) is 4.98 Å². The summed E-state index contributed by atoms with van der Waals surface area (Å²) in [5.74, 6) is 4.45. The Morgan fingerprint density at radius 1 is 1.39 bits per heavy atom. The molecule has 0 saturated carbocycles. The van der Waals surface area contributed by atoms with Crippen molar-refractivity contribution in [3.63, 3.8) is 0 Å². The number of thiazole rings is 1. The SMILES string of the molecule is Nc1nc(-c2ccc(C#CCC(=O)O)cc2)cs1. The summed E-state index contributed by atoms with van der Waals surface area (Å²) in [7, 11) is 0. The predicted octanol–water partition coefficient (Wildman–Crippen LogP) is 2.22. The van der Waals surface area contributed by atoms with Gasteiger partial charge in [-0.05, 0) is 12.1 Å². The smallest absolute Gasteiger partial charge is 0.315 e. The van der Waals surface area contributed by atoms with Gasteiger partial charge in [-0.15, -0.1) is 11.3 Å². The Balaban J connectivity index is 2.14. The third-order valence-electron chi connectivity index (χ3n) is 2.17. The van der Waals surface area contributed by atoms with Gasteiger partial charge >= 0.3 is 5.97 Å². The fraction of sp³-hybridized carbons (Fsp3) is 0.0769. The second-order valence-corrected chi connectivity index (χ2v) is 4.41. The van der Waals surface area contributed by atoms with Crippen molar-refractivity contribution in [1.82, 2.24) is 4.98 Å². The van der Waals surface area contributed by atoms with Crippen LogP contribution in [0, 0.1) is 11.8 Å². The maximum atomic E-state index is 10.3. The molecule has 0 unspecified atom stereocenters. The zero-order valence-electron chi connectivity index (χ0n) is 9.38. The summed E-state index contributed by atoms with van der Waals surface area (Å²) in [6.45, 7) is 0. The fourth-order valence-corrected chi connectivity index (χ4v) is 1.94. The van der Waals surface area contributed by atoms with E-state index >= 15 is 0 Å². The molecule has 0 aliphatic rings. The van der Waals surface area contributed by atoms with Crippen LogP contribution < -0.4 is 5.73 Å². The van der Waals surface area contributed by atoms with Crippen LogP contribution in [0.4, 0.5) is 5.13 Å². The maximum Gasteiger partial charge on any atom is 0.315 e. The number of anilines is 1. The van der Waals surface area contributed by atoms with Gasteiger partial charge in [0, 0.05) is 16.5 Å². The molecule has 1 heterocycles. The highest BCUT2D eigenvalue weighted by molar-refractivity contribution is 7.13. The molecule has 3 N–H and O–H groups in total. The van der Waals surface area contributed by atoms with Crippen LogP contribution in [0.1, 0.15) is 12.0 Å². The van der Waals surface area contributed by atoms with Gasteiger partial charge in [-0.1, -0.05) is 24.0 Å². The zero-order valence-corrected chi connectivity index (χ0v) is 10.2. The molecule has 0 spiro atoms. The molecule has 0 bridgehead atoms. The number of nitrogens with two attached hydrogens (primary N) is 1. The minimum Gasteiger partial charge on any atom is -0.481 e. The molecule has 0 saturated heterocycles. The summed E-state index contributed by atoms with van der Waals surface area (Å²) in [5, 5.41) is 10.9. The van der Waals surface area contributed by atoms with Crippen LogP contribution in [0.3, 0.4) is 0 Å². The standard InChI is InChI=1S/C13H10N2O2S/c14-13-15-11(8-18-13)10-6-4-9(5-7-10)2-1-3-12(16)17/h4-8H,3H2,(H2,14,15)(H,16,17). The number of aliphatic carboxylic acids is 1. The number of aromatic nitrogens is 1. The van der Waals surface area contributed by atoms with Crippen LogP contribution in [0.2, 0.25) is 0 Å². The van der Waals surface area contributed by atoms with Gasteiger partial charge in [-0.3, -0.25) is 4.79 Å². The van der Waals surface area contributed by atoms with Gasteiger partial charge in [0.1, 0.15) is 6.42 Å². The van der Waals surface area contributed by atoms with Crippen LogP contribution in [0.5, 0.6) is 0 Å². The molecule has 0 fully saturated rings. The second-order valence-electron chi connectivity index (χ2n) is 3.52. The molecule has 1 aromatic carbocycles. The molecule has 2 rings (SSSR count). The summed E-state index contributed by atoms with van der Waals surface area (Å²) in [6, 6.07) is 7.44. The van der Waals surface area contributed by atoms with E-state index in [-0.39, 0.29) is 6.42 Å². The molecule has 4 nitrogen and oxygen atoms in total. The van der Waals surface area contributed by atoms with Crippen LogP contribution in [-0.4, -0.2) is 16.1 Å². The Bertz CT molecular complexity index is 620. The molecule has 2 aromatic rings. The fourth-order valence-electron chi connectivity index (χ4n) is 1.37. The third-order valence-corrected chi connectivity index (χ3v) is 2.85. The third kappa shape index (κ3) is 3.09. The molecule has 90 valence electrons. The Kier molecular flexibility index (Phi) is 3.60. The molecule has 0 atom stereocenters. The predicted molar refractivity (Wildman–Crippen MR) is 71.1 cm³/mol. The van der Waals surface area contributed by atoms with Gasteiger partial charge in [0.25, 0.3) is 0 Å². The van der Waals surface area contributed by atoms with E-state index in [0.717, 1.165) is 16.8 Å². The van der Waals surface area contributed by atoms with Crippen molar-refractivity contribution >= 4 is 22.4 Å². The highest BCUT2D eigenvalue weighted by Crippen LogP contribution is 2.22. The lowest BCUT2D eigenvalue weighted by molar-refractivity contribution is -0.135. The minimum atomic E-state index is -0.919. The molecule has 5 heteroatoms. The van der Waals surface area contributed by atoms with Crippen molar-refractivity contribution in [1.29, 1.82) is 0 Å². The molecule has 0 aliphatic heterocycles. The van der Waals surface area contributed by atoms with Gasteiger partial charge in [-0.2, -0.15) is 0 Å². The van der Waals surface area contributed by atoms with Gasteiger partial charge in [0.2, 0.25) is 0 Å². The largest absolute Gasteiger partial charge is 0.481 e. The van der Waals surface area contributed by atoms with Crippen LogP contribution in [-0.2, 0) is 4.79 Å². The summed E-state index contributed by atoms with van der Waals surface area (Å²) >= 11 is 1.39. The summed E-state index contributed by atoms with van der Waals surface area (Å²) in [5.41, 5.74) is 8.15. The van der Waals surface area contributed by atoms with Crippen molar-refractivity contribution < 1.29 is 9.90 Å². The van der Waals surface area contributed by atoms with Crippen molar-refractivity contribution in [2.24, 2.45) is 0 Å². The van der Waals surface area contributed by atoms with Crippen LogP contribution in [0.15, 0.2) is 29.6 Å². The van der Waals surface area contributed by atoms with E-state index in [0.29, 0.717) is 5.13 Å². The van der Waals surface area contributed by atoms with E-state index in [1.165, 1.54) is 11.3 Å². The lowest BCUT2D eigenvalue weighted by Crippen LogP contribution is -1.90. The Morgan fingerprint density at radius 3 is 2.67 bits per heavy atom. The molecule has 1 aromatic heterocycles. The van der Waals surface area contributed by atoms with Gasteiger partial charge < -0.3 is 10.8 Å². The summed E-state index contributed by atoms with van der Waals surface area (Å²) in [4.78, 5) is 14.5. The van der Waals surface area contributed by atoms with E-state index in [9.17, 15) is 4.79 Å². The van der Waals surface area contributed by atoms with E-state index < -0.39 is 5.97 Å². The topological polar surface area (TPSA) is 76.2 Å². The monoisotopic (exact) mass is 258 g/mol. The van der Waals surface area contributed by atoms with E-state index in [1.54, 1.807) is 0 Å². The number of carbonyl (C=O) groups is 1. The normalized spacial score (nSPS) is 9.56. The number of hydrogen-bond donors (Lipinski definition) is 2. The van der Waals surface area contributed by atoms with Gasteiger partial charge in [0.15, 0.2) is 5.13 Å². The van der Waals surface area contributed by atoms with Gasteiger partial charge in [0.05, 0.1) is 5.69 Å².